The molecule has 0 radical (unpaired) electrons. The summed E-state index contributed by atoms with van der Waals surface area (Å²) in [7, 11) is 0. The number of hydrogen-bond acceptors (Lipinski definition) is 2. The molecule has 1 fully saturated rings. The molecule has 0 atom stereocenters. The minimum Gasteiger partial charge on any atom is -0.297 e. The zero-order chi connectivity index (χ0) is 17.1. The first-order valence-electron chi connectivity index (χ1n) is 9.60. The molecule has 1 aliphatic heterocycles. The number of allylic oxidation sites excluding steroid dienone is 1. The van der Waals surface area contributed by atoms with Gasteiger partial charge in [0.2, 0.25) is 0 Å². The minimum atomic E-state index is 0.416. The summed E-state index contributed by atoms with van der Waals surface area (Å²) in [6.45, 7) is 7.80. The van der Waals surface area contributed by atoms with Crippen LogP contribution in [-0.4, -0.2) is 42.5 Å². The zero-order valence-corrected chi connectivity index (χ0v) is 15.2. The van der Waals surface area contributed by atoms with E-state index < -0.39 is 0 Å². The highest BCUT2D eigenvalue weighted by molar-refractivity contribution is 5.44. The van der Waals surface area contributed by atoms with E-state index in [-0.39, 0.29) is 0 Å². The van der Waals surface area contributed by atoms with Gasteiger partial charge in [0.05, 0.1) is 6.04 Å². The number of fused-ring (bicyclic) bond motifs is 2. The Morgan fingerprint density at radius 2 is 1.40 bits per heavy atom. The van der Waals surface area contributed by atoms with Gasteiger partial charge < -0.3 is 0 Å². The van der Waals surface area contributed by atoms with E-state index >= 15 is 0 Å². The van der Waals surface area contributed by atoms with E-state index in [9.17, 15) is 0 Å². The molecule has 4 rings (SSSR count). The lowest BCUT2D eigenvalue weighted by molar-refractivity contribution is 0.117. The second-order valence-corrected chi connectivity index (χ2v) is 7.21. The van der Waals surface area contributed by atoms with Crippen molar-refractivity contribution < 1.29 is 0 Å². The maximum atomic E-state index is 2.70. The maximum absolute atomic E-state index is 2.70. The van der Waals surface area contributed by atoms with Gasteiger partial charge in [-0.3, -0.25) is 9.80 Å². The molecule has 25 heavy (non-hydrogen) atoms. The van der Waals surface area contributed by atoms with Crippen LogP contribution in [0.4, 0.5) is 0 Å². The predicted octanol–water partition coefficient (Wildman–Crippen LogP) is 4.07. The Bertz CT molecular complexity index is 694. The first kappa shape index (κ1) is 16.6. The fourth-order valence-electron chi connectivity index (χ4n) is 4.35. The molecule has 2 aliphatic rings. The lowest BCUT2D eigenvalue weighted by Crippen LogP contribution is -2.47. The molecule has 1 heterocycles. The molecular weight excluding hydrogens is 304 g/mol. The number of benzene rings is 2. The van der Waals surface area contributed by atoms with Crippen LogP contribution in [0.3, 0.4) is 0 Å². The van der Waals surface area contributed by atoms with E-state index in [0.717, 1.165) is 45.6 Å². The SMILES string of the molecule is C/C=C/CN1CCN(C2c3ccccc3CCc3ccccc32)CC1. The van der Waals surface area contributed by atoms with Gasteiger partial charge in [0.25, 0.3) is 0 Å². The van der Waals surface area contributed by atoms with Crippen molar-refractivity contribution in [1.82, 2.24) is 9.80 Å². The molecule has 2 aromatic rings. The van der Waals surface area contributed by atoms with E-state index in [1.807, 2.05) is 0 Å². The van der Waals surface area contributed by atoms with Crippen LogP contribution in [0.25, 0.3) is 0 Å². The highest BCUT2D eigenvalue weighted by atomic mass is 15.3. The highest BCUT2D eigenvalue weighted by Gasteiger charge is 2.30. The largest absolute Gasteiger partial charge is 0.297 e. The Hall–Kier alpha value is -1.90. The van der Waals surface area contributed by atoms with E-state index in [2.05, 4.69) is 77.4 Å². The average Bonchev–Trinajstić information content (AvgIpc) is 2.84. The lowest BCUT2D eigenvalue weighted by Gasteiger charge is -2.40. The standard InChI is InChI=1S/C23H28N2/c1-2-3-14-24-15-17-25(18-16-24)23-21-10-6-4-8-19(21)12-13-20-9-5-7-11-22(20)23/h2-11,23H,12-18H2,1H3/b3-2+. The van der Waals surface area contributed by atoms with Crippen LogP contribution in [0.5, 0.6) is 0 Å². The summed E-state index contributed by atoms with van der Waals surface area (Å²) < 4.78 is 0. The molecular formula is C23H28N2. The summed E-state index contributed by atoms with van der Waals surface area (Å²) >= 11 is 0. The van der Waals surface area contributed by atoms with Gasteiger partial charge in [-0.2, -0.15) is 0 Å². The number of aryl methyl sites for hydroxylation is 2. The van der Waals surface area contributed by atoms with Gasteiger partial charge in [0.15, 0.2) is 0 Å². The second kappa shape index (κ2) is 7.55. The van der Waals surface area contributed by atoms with Crippen molar-refractivity contribution >= 4 is 0 Å². The zero-order valence-electron chi connectivity index (χ0n) is 15.2. The number of rotatable bonds is 3. The summed E-state index contributed by atoms with van der Waals surface area (Å²) in [5.41, 5.74) is 6.10. The summed E-state index contributed by atoms with van der Waals surface area (Å²) in [5.74, 6) is 0. The molecule has 1 aliphatic carbocycles. The molecule has 2 heteroatoms. The molecule has 0 aromatic heterocycles. The summed E-state index contributed by atoms with van der Waals surface area (Å²) in [4.78, 5) is 5.26. The molecule has 0 unspecified atom stereocenters. The average molecular weight is 332 g/mol. The normalized spacial score (nSPS) is 19.6. The summed E-state index contributed by atoms with van der Waals surface area (Å²) in [6.07, 6.45) is 6.74. The fraction of sp³-hybridized carbons (Fsp3) is 0.391. The third-order valence-corrected chi connectivity index (χ3v) is 5.73. The van der Waals surface area contributed by atoms with Gasteiger partial charge in [0.1, 0.15) is 0 Å². The van der Waals surface area contributed by atoms with Crippen molar-refractivity contribution in [2.24, 2.45) is 0 Å². The summed E-state index contributed by atoms with van der Waals surface area (Å²) in [6, 6.07) is 18.6. The Labute approximate surface area is 151 Å². The van der Waals surface area contributed by atoms with Gasteiger partial charge in [0, 0.05) is 32.7 Å². The van der Waals surface area contributed by atoms with Gasteiger partial charge in [-0.05, 0) is 42.0 Å². The lowest BCUT2D eigenvalue weighted by atomic mass is 9.93. The highest BCUT2D eigenvalue weighted by Crippen LogP contribution is 2.37. The van der Waals surface area contributed by atoms with Gasteiger partial charge in [-0.25, -0.2) is 0 Å². The van der Waals surface area contributed by atoms with Crippen LogP contribution >= 0.6 is 0 Å². The number of hydrogen-bond donors (Lipinski definition) is 0. The molecule has 130 valence electrons. The van der Waals surface area contributed by atoms with Gasteiger partial charge in [-0.15, -0.1) is 0 Å². The third kappa shape index (κ3) is 3.42. The second-order valence-electron chi connectivity index (χ2n) is 7.21. The number of nitrogens with zero attached hydrogens (tertiary/aromatic N) is 2. The molecule has 0 bridgehead atoms. The van der Waals surface area contributed by atoms with Crippen LogP contribution in [0.15, 0.2) is 60.7 Å². The van der Waals surface area contributed by atoms with Crippen LogP contribution in [0.2, 0.25) is 0 Å². The molecule has 0 saturated carbocycles. The number of piperazine rings is 1. The van der Waals surface area contributed by atoms with E-state index in [4.69, 9.17) is 0 Å². The quantitative estimate of drug-likeness (QED) is 0.782. The molecule has 2 nitrogen and oxygen atoms in total. The van der Waals surface area contributed by atoms with Crippen LogP contribution in [0, 0.1) is 0 Å². The minimum absolute atomic E-state index is 0.416. The van der Waals surface area contributed by atoms with E-state index in [1.54, 1.807) is 0 Å². The molecule has 2 aromatic carbocycles. The van der Waals surface area contributed by atoms with Crippen LogP contribution in [0.1, 0.15) is 35.2 Å². The first-order chi connectivity index (χ1) is 12.4. The Morgan fingerprint density at radius 3 is 1.96 bits per heavy atom. The molecule has 0 N–H and O–H groups in total. The molecule has 1 saturated heterocycles. The maximum Gasteiger partial charge on any atom is 0.0608 e. The van der Waals surface area contributed by atoms with Crippen molar-refractivity contribution in [3.63, 3.8) is 0 Å². The Kier molecular flexibility index (Phi) is 5.00. The van der Waals surface area contributed by atoms with E-state index in [1.165, 1.54) is 22.3 Å². The van der Waals surface area contributed by atoms with Crippen molar-refractivity contribution in [2.45, 2.75) is 25.8 Å². The topological polar surface area (TPSA) is 6.48 Å². The monoisotopic (exact) mass is 332 g/mol. The van der Waals surface area contributed by atoms with Crippen LogP contribution < -0.4 is 0 Å². The van der Waals surface area contributed by atoms with Crippen molar-refractivity contribution in [3.8, 4) is 0 Å². The van der Waals surface area contributed by atoms with Crippen molar-refractivity contribution in [2.75, 3.05) is 32.7 Å². The third-order valence-electron chi connectivity index (χ3n) is 5.73. The smallest absolute Gasteiger partial charge is 0.0608 e. The van der Waals surface area contributed by atoms with Gasteiger partial charge >= 0.3 is 0 Å². The first-order valence-corrected chi connectivity index (χ1v) is 9.60. The fourth-order valence-corrected chi connectivity index (χ4v) is 4.35. The molecule has 0 amide bonds. The Morgan fingerprint density at radius 1 is 0.840 bits per heavy atom. The molecule has 0 spiro atoms. The van der Waals surface area contributed by atoms with E-state index in [0.29, 0.717) is 6.04 Å². The van der Waals surface area contributed by atoms with Crippen molar-refractivity contribution in [1.29, 1.82) is 0 Å². The van der Waals surface area contributed by atoms with Crippen molar-refractivity contribution in [3.05, 3.63) is 82.9 Å². The predicted molar refractivity (Wildman–Crippen MR) is 105 cm³/mol. The van der Waals surface area contributed by atoms with Gasteiger partial charge in [-0.1, -0.05) is 60.7 Å². The summed E-state index contributed by atoms with van der Waals surface area (Å²) in [5, 5.41) is 0. The van der Waals surface area contributed by atoms with Crippen LogP contribution in [-0.2, 0) is 12.8 Å². The Balaban J connectivity index is 1.65.